The number of aliphatic imine (C=N–C) groups is 2. The third-order valence-corrected chi connectivity index (χ3v) is 6.90. The van der Waals surface area contributed by atoms with Crippen LogP contribution in [0.25, 0.3) is 0 Å². The summed E-state index contributed by atoms with van der Waals surface area (Å²) in [6.45, 7) is 0. The molecule has 2 aliphatic rings. The van der Waals surface area contributed by atoms with Crippen molar-refractivity contribution in [2.75, 3.05) is 11.1 Å². The van der Waals surface area contributed by atoms with Crippen LogP contribution in [0.15, 0.2) is 32.8 Å². The molecule has 0 fully saturated rings. The van der Waals surface area contributed by atoms with Crippen molar-refractivity contribution in [3.05, 3.63) is 40.2 Å². The van der Waals surface area contributed by atoms with E-state index >= 15 is 0 Å². The summed E-state index contributed by atoms with van der Waals surface area (Å²) < 4.78 is 5.26. The van der Waals surface area contributed by atoms with Crippen molar-refractivity contribution in [2.45, 2.75) is 25.7 Å². The molecule has 158 valence electrons. The second-order valence-corrected chi connectivity index (χ2v) is 8.93. The molecule has 0 bridgehead atoms. The fourth-order valence-electron chi connectivity index (χ4n) is 3.48. The first-order chi connectivity index (χ1) is 15.0. The highest BCUT2D eigenvalue weighted by Crippen LogP contribution is 2.38. The fourth-order valence-corrected chi connectivity index (χ4v) is 5.44. The number of rotatable bonds is 5. The number of thioether (sulfide) groups is 1. The quantitative estimate of drug-likeness (QED) is 0.707. The number of nitrogens with zero attached hydrogens (tertiary/aromatic N) is 3. The Morgan fingerprint density at radius 1 is 1.35 bits per heavy atom. The van der Waals surface area contributed by atoms with Crippen LogP contribution in [-0.2, 0) is 22.4 Å². The van der Waals surface area contributed by atoms with E-state index in [1.54, 1.807) is 12.1 Å². The van der Waals surface area contributed by atoms with Gasteiger partial charge < -0.3 is 15.5 Å². The van der Waals surface area contributed by atoms with Gasteiger partial charge in [-0.2, -0.15) is 10.3 Å². The second-order valence-electron chi connectivity index (χ2n) is 6.89. The summed E-state index contributed by atoms with van der Waals surface area (Å²) >= 11 is 2.34. The topological polar surface area (TPSA) is 151 Å². The SMILES string of the molecule is N#CC1C(=O)N=C(SCC(=O)Nc2sc3c(c2C(N)=O)CCCC3)N=C1c1ccco1. The molecule has 0 saturated carbocycles. The number of amidine groups is 1. The molecule has 0 aromatic carbocycles. The van der Waals surface area contributed by atoms with Crippen LogP contribution in [0.2, 0.25) is 0 Å². The molecular weight excluding hydrogens is 438 g/mol. The van der Waals surface area contributed by atoms with Crippen molar-refractivity contribution in [1.82, 2.24) is 0 Å². The third kappa shape index (κ3) is 4.30. The Morgan fingerprint density at radius 3 is 2.87 bits per heavy atom. The fraction of sp³-hybridized carbons (Fsp3) is 0.300. The normalized spacial score (nSPS) is 17.9. The van der Waals surface area contributed by atoms with Crippen LogP contribution < -0.4 is 11.1 Å². The van der Waals surface area contributed by atoms with Gasteiger partial charge in [-0.1, -0.05) is 11.8 Å². The molecule has 1 unspecified atom stereocenters. The number of thiophene rings is 1. The molecule has 11 heteroatoms. The summed E-state index contributed by atoms with van der Waals surface area (Å²) in [4.78, 5) is 45.8. The van der Waals surface area contributed by atoms with Gasteiger partial charge in [0.25, 0.3) is 11.8 Å². The number of furan rings is 1. The summed E-state index contributed by atoms with van der Waals surface area (Å²) in [6, 6.07) is 5.09. The number of aryl methyl sites for hydroxylation is 1. The van der Waals surface area contributed by atoms with E-state index in [1.807, 2.05) is 6.07 Å². The molecule has 0 radical (unpaired) electrons. The van der Waals surface area contributed by atoms with Crippen molar-refractivity contribution in [3.8, 4) is 6.07 Å². The Hall–Kier alpha value is -3.23. The van der Waals surface area contributed by atoms with Gasteiger partial charge in [0, 0.05) is 4.88 Å². The standard InChI is InChI=1S/C20H17N5O4S2/c21-8-11-16(12-5-3-7-29-12)24-20(25-18(11)28)30-9-14(26)23-19-15(17(22)27)10-4-1-2-6-13(10)31-19/h3,5,7,11H,1-2,4,6,9H2,(H2,22,27)(H,23,26). The highest BCUT2D eigenvalue weighted by molar-refractivity contribution is 8.14. The molecule has 1 aliphatic heterocycles. The number of nitriles is 1. The van der Waals surface area contributed by atoms with Crippen LogP contribution in [0.1, 0.15) is 39.4 Å². The average molecular weight is 456 g/mol. The molecule has 1 atom stereocenters. The van der Waals surface area contributed by atoms with Gasteiger partial charge in [-0.3, -0.25) is 14.4 Å². The van der Waals surface area contributed by atoms with E-state index in [9.17, 15) is 19.6 Å². The Labute approximate surface area is 185 Å². The largest absolute Gasteiger partial charge is 0.463 e. The Kier molecular flexibility index (Phi) is 6.01. The molecule has 1 aliphatic carbocycles. The summed E-state index contributed by atoms with van der Waals surface area (Å²) in [7, 11) is 0. The maximum atomic E-state index is 12.5. The Balaban J connectivity index is 1.47. The zero-order valence-corrected chi connectivity index (χ0v) is 17.8. The smallest absolute Gasteiger partial charge is 0.271 e. The number of amides is 3. The number of nitrogens with one attached hydrogen (secondary N) is 1. The molecule has 3 N–H and O–H groups in total. The Bertz CT molecular complexity index is 1160. The minimum absolute atomic E-state index is 0.0682. The van der Waals surface area contributed by atoms with Gasteiger partial charge in [0.05, 0.1) is 23.6 Å². The zero-order chi connectivity index (χ0) is 22.0. The molecule has 0 saturated heterocycles. The van der Waals surface area contributed by atoms with Crippen LogP contribution in [0.3, 0.4) is 0 Å². The van der Waals surface area contributed by atoms with E-state index in [-0.39, 0.29) is 22.5 Å². The Morgan fingerprint density at radius 2 is 2.16 bits per heavy atom. The number of fused-ring (bicyclic) bond motifs is 1. The van der Waals surface area contributed by atoms with Crippen LogP contribution in [0, 0.1) is 17.2 Å². The maximum Gasteiger partial charge on any atom is 0.271 e. The first-order valence-corrected chi connectivity index (χ1v) is 11.3. The predicted molar refractivity (Wildman–Crippen MR) is 117 cm³/mol. The van der Waals surface area contributed by atoms with Gasteiger partial charge in [-0.25, -0.2) is 4.99 Å². The summed E-state index contributed by atoms with van der Waals surface area (Å²) in [5, 5.41) is 12.5. The lowest BCUT2D eigenvalue weighted by atomic mass is 9.95. The van der Waals surface area contributed by atoms with Crippen molar-refractivity contribution in [2.24, 2.45) is 21.6 Å². The lowest BCUT2D eigenvalue weighted by Crippen LogP contribution is -2.27. The number of primary amides is 1. The lowest BCUT2D eigenvalue weighted by molar-refractivity contribution is -0.118. The number of nitrogens with two attached hydrogens (primary N) is 1. The second kappa shape index (κ2) is 8.87. The van der Waals surface area contributed by atoms with E-state index < -0.39 is 17.7 Å². The zero-order valence-electron chi connectivity index (χ0n) is 16.2. The van der Waals surface area contributed by atoms with E-state index in [2.05, 4.69) is 15.3 Å². The molecule has 3 amide bonds. The summed E-state index contributed by atoms with van der Waals surface area (Å²) in [5.41, 5.74) is 7.04. The van der Waals surface area contributed by atoms with Gasteiger partial charge in [0.15, 0.2) is 11.1 Å². The van der Waals surface area contributed by atoms with E-state index in [0.29, 0.717) is 16.3 Å². The van der Waals surface area contributed by atoms with Crippen molar-refractivity contribution < 1.29 is 18.8 Å². The van der Waals surface area contributed by atoms with Gasteiger partial charge >= 0.3 is 0 Å². The average Bonchev–Trinajstić information content (AvgIpc) is 3.39. The van der Waals surface area contributed by atoms with Crippen molar-refractivity contribution in [1.29, 1.82) is 5.26 Å². The van der Waals surface area contributed by atoms with E-state index in [0.717, 1.165) is 47.9 Å². The minimum Gasteiger partial charge on any atom is -0.463 e. The van der Waals surface area contributed by atoms with Crippen LogP contribution >= 0.6 is 23.1 Å². The van der Waals surface area contributed by atoms with Gasteiger partial charge in [0.1, 0.15) is 16.5 Å². The number of hydrogen-bond acceptors (Lipinski definition) is 8. The van der Waals surface area contributed by atoms with Gasteiger partial charge in [-0.15, -0.1) is 11.3 Å². The van der Waals surface area contributed by atoms with Crippen LogP contribution in [-0.4, -0.2) is 34.4 Å². The highest BCUT2D eigenvalue weighted by atomic mass is 32.2. The van der Waals surface area contributed by atoms with Crippen LogP contribution in [0.4, 0.5) is 5.00 Å². The third-order valence-electron chi connectivity index (χ3n) is 4.85. The number of carbonyl (C=O) groups excluding carboxylic acids is 3. The molecule has 31 heavy (non-hydrogen) atoms. The summed E-state index contributed by atoms with van der Waals surface area (Å²) in [5.74, 6) is -2.53. The van der Waals surface area contributed by atoms with E-state index in [1.165, 1.54) is 17.6 Å². The molecule has 0 spiro atoms. The molecular formula is C20H17N5O4S2. The molecule has 2 aromatic rings. The number of hydrogen-bond donors (Lipinski definition) is 2. The first kappa shape index (κ1) is 21.0. The number of carbonyl (C=O) groups is 3. The number of anilines is 1. The monoisotopic (exact) mass is 455 g/mol. The first-order valence-electron chi connectivity index (χ1n) is 9.49. The van der Waals surface area contributed by atoms with Crippen molar-refractivity contribution >= 4 is 56.7 Å². The molecule has 9 nitrogen and oxygen atoms in total. The van der Waals surface area contributed by atoms with Gasteiger partial charge in [-0.05, 0) is 43.4 Å². The van der Waals surface area contributed by atoms with Gasteiger partial charge in [0.2, 0.25) is 5.91 Å². The predicted octanol–water partition coefficient (Wildman–Crippen LogP) is 2.52. The summed E-state index contributed by atoms with van der Waals surface area (Å²) in [6.07, 6.45) is 5.09. The van der Waals surface area contributed by atoms with E-state index in [4.69, 9.17) is 10.2 Å². The van der Waals surface area contributed by atoms with Crippen molar-refractivity contribution in [3.63, 3.8) is 0 Å². The van der Waals surface area contributed by atoms with Crippen LogP contribution in [0.5, 0.6) is 0 Å². The molecule has 3 heterocycles. The lowest BCUT2D eigenvalue weighted by Gasteiger charge is -2.13. The minimum atomic E-state index is -1.15. The maximum absolute atomic E-state index is 12.5. The molecule has 4 rings (SSSR count). The highest BCUT2D eigenvalue weighted by Gasteiger charge is 2.32. The molecule has 2 aromatic heterocycles.